The number of carbonyl (C=O) groups excluding carboxylic acids is 1. The molecule has 0 heterocycles. The van der Waals surface area contributed by atoms with E-state index in [4.69, 9.17) is 27.9 Å². The van der Waals surface area contributed by atoms with Crippen molar-refractivity contribution in [2.45, 2.75) is 19.9 Å². The maximum atomic E-state index is 12.8. The number of hydrogen-bond donors (Lipinski definition) is 1. The van der Waals surface area contributed by atoms with E-state index in [0.717, 1.165) is 10.6 Å². The number of amides is 1. The van der Waals surface area contributed by atoms with Crippen molar-refractivity contribution < 1.29 is 17.9 Å². The van der Waals surface area contributed by atoms with Crippen LogP contribution >= 0.6 is 23.2 Å². The standard InChI is InChI=1S/C18H20Cl2N2O4S/c1-4-26-17-8-6-5-7-16(17)21-18(23)12(2)22(27(3,24)25)13-9-10-14(19)15(20)11-13/h5-12H,4H2,1-3H3,(H,21,23). The van der Waals surface area contributed by atoms with Crippen LogP contribution < -0.4 is 14.4 Å². The van der Waals surface area contributed by atoms with Gasteiger partial charge in [-0.15, -0.1) is 0 Å². The summed E-state index contributed by atoms with van der Waals surface area (Å²) in [6.07, 6.45) is 1.02. The van der Waals surface area contributed by atoms with Crippen LogP contribution in [-0.2, 0) is 14.8 Å². The molecule has 0 radical (unpaired) electrons. The number of ether oxygens (including phenoxy) is 1. The van der Waals surface area contributed by atoms with E-state index in [9.17, 15) is 13.2 Å². The molecule has 0 aliphatic carbocycles. The molecule has 0 aliphatic heterocycles. The Balaban J connectivity index is 2.34. The van der Waals surface area contributed by atoms with Crippen LogP contribution in [0, 0.1) is 0 Å². The van der Waals surface area contributed by atoms with Crippen molar-refractivity contribution in [3.8, 4) is 5.75 Å². The molecule has 0 saturated heterocycles. The van der Waals surface area contributed by atoms with Gasteiger partial charge in [0.2, 0.25) is 15.9 Å². The Morgan fingerprint density at radius 3 is 2.44 bits per heavy atom. The number of nitrogens with zero attached hydrogens (tertiary/aromatic N) is 1. The summed E-state index contributed by atoms with van der Waals surface area (Å²) in [7, 11) is -3.76. The van der Waals surface area contributed by atoms with Gasteiger partial charge >= 0.3 is 0 Å². The molecule has 0 fully saturated rings. The first-order valence-electron chi connectivity index (χ1n) is 8.12. The first-order valence-corrected chi connectivity index (χ1v) is 10.7. The van der Waals surface area contributed by atoms with E-state index >= 15 is 0 Å². The van der Waals surface area contributed by atoms with E-state index < -0.39 is 22.0 Å². The summed E-state index contributed by atoms with van der Waals surface area (Å²) in [5.74, 6) is -0.0142. The molecule has 0 spiro atoms. The minimum absolute atomic E-state index is 0.192. The summed E-state index contributed by atoms with van der Waals surface area (Å²) < 4.78 is 31.2. The maximum absolute atomic E-state index is 12.8. The Bertz CT molecular complexity index is 935. The van der Waals surface area contributed by atoms with E-state index in [2.05, 4.69) is 5.32 Å². The number of anilines is 2. The summed E-state index contributed by atoms with van der Waals surface area (Å²) in [5, 5.41) is 3.19. The molecule has 27 heavy (non-hydrogen) atoms. The molecule has 2 aromatic rings. The Morgan fingerprint density at radius 1 is 1.19 bits per heavy atom. The lowest BCUT2D eigenvalue weighted by Crippen LogP contribution is -2.45. The van der Waals surface area contributed by atoms with Crippen LogP contribution in [0.2, 0.25) is 10.0 Å². The molecule has 1 atom stereocenters. The summed E-state index contributed by atoms with van der Waals surface area (Å²) in [4.78, 5) is 12.8. The summed E-state index contributed by atoms with van der Waals surface area (Å²) in [6, 6.07) is 10.3. The lowest BCUT2D eigenvalue weighted by molar-refractivity contribution is -0.116. The molecule has 0 aromatic heterocycles. The highest BCUT2D eigenvalue weighted by Gasteiger charge is 2.30. The maximum Gasteiger partial charge on any atom is 0.248 e. The second-order valence-corrected chi connectivity index (χ2v) is 8.43. The molecular weight excluding hydrogens is 411 g/mol. The fourth-order valence-electron chi connectivity index (χ4n) is 2.52. The lowest BCUT2D eigenvalue weighted by atomic mass is 10.2. The molecule has 9 heteroatoms. The Hall–Kier alpha value is -1.96. The van der Waals surface area contributed by atoms with Gasteiger partial charge in [-0.25, -0.2) is 8.42 Å². The van der Waals surface area contributed by atoms with Crippen molar-refractivity contribution in [1.82, 2.24) is 0 Å². The third-order valence-electron chi connectivity index (χ3n) is 3.69. The SMILES string of the molecule is CCOc1ccccc1NC(=O)C(C)N(c1ccc(Cl)c(Cl)c1)S(C)(=O)=O. The van der Waals surface area contributed by atoms with E-state index in [0.29, 0.717) is 18.0 Å². The average molecular weight is 431 g/mol. The van der Waals surface area contributed by atoms with Gasteiger partial charge in [0.15, 0.2) is 0 Å². The van der Waals surface area contributed by atoms with Crippen molar-refractivity contribution in [1.29, 1.82) is 0 Å². The number of rotatable bonds is 7. The minimum atomic E-state index is -3.76. The number of benzene rings is 2. The molecule has 0 aliphatic rings. The molecular formula is C18H20Cl2N2O4S. The Kier molecular flexibility index (Phi) is 6.97. The number of carbonyl (C=O) groups is 1. The predicted molar refractivity (Wildman–Crippen MR) is 109 cm³/mol. The van der Waals surface area contributed by atoms with Crippen molar-refractivity contribution >= 4 is 50.5 Å². The first-order chi connectivity index (χ1) is 12.6. The largest absolute Gasteiger partial charge is 0.492 e. The van der Waals surface area contributed by atoms with Crippen LogP contribution in [0.25, 0.3) is 0 Å². The van der Waals surface area contributed by atoms with E-state index in [-0.39, 0.29) is 15.7 Å². The van der Waals surface area contributed by atoms with Gasteiger partial charge in [-0.2, -0.15) is 0 Å². The highest BCUT2D eigenvalue weighted by atomic mass is 35.5. The third-order valence-corrected chi connectivity index (χ3v) is 5.67. The molecule has 1 amide bonds. The third kappa shape index (κ3) is 5.28. The molecule has 146 valence electrons. The number of hydrogen-bond acceptors (Lipinski definition) is 4. The number of sulfonamides is 1. The van der Waals surface area contributed by atoms with Gasteiger partial charge in [-0.3, -0.25) is 9.10 Å². The van der Waals surface area contributed by atoms with Crippen LogP contribution in [0.5, 0.6) is 5.75 Å². The molecule has 0 bridgehead atoms. The average Bonchev–Trinajstić information content (AvgIpc) is 2.59. The highest BCUT2D eigenvalue weighted by Crippen LogP contribution is 2.30. The van der Waals surface area contributed by atoms with E-state index in [1.807, 2.05) is 6.92 Å². The number of para-hydroxylation sites is 2. The summed E-state index contributed by atoms with van der Waals surface area (Å²) in [6.45, 7) is 3.75. The minimum Gasteiger partial charge on any atom is -0.492 e. The number of nitrogens with one attached hydrogen (secondary N) is 1. The second-order valence-electron chi connectivity index (χ2n) is 5.75. The first kappa shape index (κ1) is 21.3. The number of halogens is 2. The predicted octanol–water partition coefficient (Wildman–Crippen LogP) is 4.19. The van der Waals surface area contributed by atoms with Crippen LogP contribution in [0.15, 0.2) is 42.5 Å². The molecule has 1 unspecified atom stereocenters. The monoisotopic (exact) mass is 430 g/mol. The summed E-state index contributed by atoms with van der Waals surface area (Å²) in [5.41, 5.74) is 0.700. The molecule has 2 rings (SSSR count). The molecule has 2 aromatic carbocycles. The van der Waals surface area contributed by atoms with E-state index in [1.165, 1.54) is 25.1 Å². The van der Waals surface area contributed by atoms with Crippen LogP contribution in [-0.4, -0.2) is 33.2 Å². The van der Waals surface area contributed by atoms with Gasteiger partial charge in [-0.05, 0) is 44.2 Å². The smallest absolute Gasteiger partial charge is 0.248 e. The molecule has 1 N–H and O–H groups in total. The zero-order valence-corrected chi connectivity index (χ0v) is 17.4. The van der Waals surface area contributed by atoms with Gasteiger partial charge < -0.3 is 10.1 Å². The second kappa shape index (κ2) is 8.82. The van der Waals surface area contributed by atoms with Gasteiger partial charge in [0.25, 0.3) is 0 Å². The van der Waals surface area contributed by atoms with E-state index in [1.54, 1.807) is 24.3 Å². The Morgan fingerprint density at radius 2 is 1.85 bits per heavy atom. The molecule has 6 nitrogen and oxygen atoms in total. The van der Waals surface area contributed by atoms with Gasteiger partial charge in [-0.1, -0.05) is 35.3 Å². The van der Waals surface area contributed by atoms with Crippen LogP contribution in [0.4, 0.5) is 11.4 Å². The highest BCUT2D eigenvalue weighted by molar-refractivity contribution is 7.92. The van der Waals surface area contributed by atoms with Crippen molar-refractivity contribution in [2.75, 3.05) is 22.5 Å². The van der Waals surface area contributed by atoms with Crippen LogP contribution in [0.3, 0.4) is 0 Å². The lowest BCUT2D eigenvalue weighted by Gasteiger charge is -2.28. The quantitative estimate of drug-likeness (QED) is 0.714. The zero-order valence-electron chi connectivity index (χ0n) is 15.1. The zero-order chi connectivity index (χ0) is 20.2. The van der Waals surface area contributed by atoms with Gasteiger partial charge in [0.05, 0.1) is 34.3 Å². The van der Waals surface area contributed by atoms with Crippen molar-refractivity contribution in [3.63, 3.8) is 0 Å². The summed E-state index contributed by atoms with van der Waals surface area (Å²) >= 11 is 11.9. The fraction of sp³-hybridized carbons (Fsp3) is 0.278. The molecule has 0 saturated carbocycles. The van der Waals surface area contributed by atoms with Gasteiger partial charge in [0.1, 0.15) is 11.8 Å². The van der Waals surface area contributed by atoms with Crippen molar-refractivity contribution in [3.05, 3.63) is 52.5 Å². The normalized spacial score (nSPS) is 12.3. The van der Waals surface area contributed by atoms with Crippen LogP contribution in [0.1, 0.15) is 13.8 Å². The Labute approximate surface area is 169 Å². The van der Waals surface area contributed by atoms with Gasteiger partial charge in [0, 0.05) is 0 Å². The fourth-order valence-corrected chi connectivity index (χ4v) is 3.98. The van der Waals surface area contributed by atoms with Crippen molar-refractivity contribution in [2.24, 2.45) is 0 Å². The topological polar surface area (TPSA) is 75.7 Å².